The number of hydrogen-bond donors (Lipinski definition) is 2. The summed E-state index contributed by atoms with van der Waals surface area (Å²) in [4.78, 5) is 0.145. The van der Waals surface area contributed by atoms with Crippen LogP contribution in [0.25, 0.3) is 0 Å². The molecule has 0 fully saturated rings. The zero-order chi connectivity index (χ0) is 14.8. The monoisotopic (exact) mass is 295 g/mol. The Hall–Kier alpha value is -1.86. The molecule has 2 rings (SSSR count). The summed E-state index contributed by atoms with van der Waals surface area (Å²) in [5.74, 6) is 0. The first-order valence-corrected chi connectivity index (χ1v) is 7.74. The Morgan fingerprint density at radius 1 is 1.35 bits per heavy atom. The van der Waals surface area contributed by atoms with Crippen molar-refractivity contribution in [2.75, 3.05) is 4.72 Å². The smallest absolute Gasteiger partial charge is 0.261 e. The van der Waals surface area contributed by atoms with E-state index in [9.17, 15) is 13.5 Å². The van der Waals surface area contributed by atoms with Gasteiger partial charge < -0.3 is 5.11 Å². The van der Waals surface area contributed by atoms with Gasteiger partial charge in [-0.15, -0.1) is 0 Å². The van der Waals surface area contributed by atoms with Crippen LogP contribution in [0.1, 0.15) is 25.5 Å². The maximum Gasteiger partial charge on any atom is 0.261 e. The molecule has 1 heterocycles. The lowest BCUT2D eigenvalue weighted by atomic mass is 10.1. The zero-order valence-corrected chi connectivity index (χ0v) is 12.1. The van der Waals surface area contributed by atoms with Gasteiger partial charge in [0.25, 0.3) is 10.0 Å². The Morgan fingerprint density at radius 2 is 2.00 bits per heavy atom. The van der Waals surface area contributed by atoms with Crippen molar-refractivity contribution in [3.63, 3.8) is 0 Å². The van der Waals surface area contributed by atoms with Crippen LogP contribution in [-0.4, -0.2) is 23.3 Å². The van der Waals surface area contributed by atoms with Gasteiger partial charge in [-0.2, -0.15) is 5.10 Å². The lowest BCUT2D eigenvalue weighted by Gasteiger charge is -2.08. The molecule has 108 valence electrons. The second kappa shape index (κ2) is 5.64. The Bertz CT molecular complexity index is 675. The molecule has 7 heteroatoms. The Labute approximate surface area is 118 Å². The molecule has 0 bridgehead atoms. The van der Waals surface area contributed by atoms with Crippen molar-refractivity contribution >= 4 is 15.7 Å². The minimum absolute atomic E-state index is 0.145. The van der Waals surface area contributed by atoms with Crippen LogP contribution in [0.4, 0.5) is 5.69 Å². The molecular formula is C13H17N3O3S. The molecule has 6 nitrogen and oxygen atoms in total. The summed E-state index contributed by atoms with van der Waals surface area (Å²) in [6.07, 6.45) is 2.47. The number of sulfonamides is 1. The van der Waals surface area contributed by atoms with Crippen molar-refractivity contribution in [3.8, 4) is 0 Å². The van der Waals surface area contributed by atoms with Gasteiger partial charge in [0.15, 0.2) is 0 Å². The van der Waals surface area contributed by atoms with Gasteiger partial charge in [0, 0.05) is 12.7 Å². The minimum atomic E-state index is -3.64. The zero-order valence-electron chi connectivity index (χ0n) is 11.3. The van der Waals surface area contributed by atoms with Crippen LogP contribution in [0.2, 0.25) is 0 Å². The number of rotatable bonds is 5. The molecule has 0 amide bonds. The number of aromatic nitrogens is 2. The Morgan fingerprint density at radius 3 is 2.50 bits per heavy atom. The molecule has 0 aliphatic heterocycles. The van der Waals surface area contributed by atoms with Crippen LogP contribution in [0.5, 0.6) is 0 Å². The molecule has 2 aromatic rings. The van der Waals surface area contributed by atoms with E-state index >= 15 is 0 Å². The highest BCUT2D eigenvalue weighted by molar-refractivity contribution is 7.92. The maximum atomic E-state index is 12.2. The minimum Gasteiger partial charge on any atom is -0.389 e. The highest BCUT2D eigenvalue weighted by Crippen LogP contribution is 2.18. The van der Waals surface area contributed by atoms with Gasteiger partial charge in [-0.1, -0.05) is 12.1 Å². The van der Waals surface area contributed by atoms with E-state index in [-0.39, 0.29) is 4.90 Å². The summed E-state index contributed by atoms with van der Waals surface area (Å²) in [7, 11) is -3.64. The molecular weight excluding hydrogens is 278 g/mol. The average Bonchev–Trinajstić information content (AvgIpc) is 2.85. The summed E-state index contributed by atoms with van der Waals surface area (Å²) in [5.41, 5.74) is 1.09. The molecule has 0 aliphatic carbocycles. The van der Waals surface area contributed by atoms with Gasteiger partial charge in [0.2, 0.25) is 0 Å². The van der Waals surface area contributed by atoms with Gasteiger partial charge in [0.1, 0.15) is 0 Å². The number of nitrogens with one attached hydrogen (secondary N) is 1. The highest BCUT2D eigenvalue weighted by atomic mass is 32.2. The molecule has 0 saturated carbocycles. The summed E-state index contributed by atoms with van der Waals surface area (Å²) in [6, 6.07) is 6.12. The number of aryl methyl sites for hydroxylation is 1. The van der Waals surface area contributed by atoms with Crippen molar-refractivity contribution in [1.82, 2.24) is 9.78 Å². The standard InChI is InChI=1S/C13H17N3O3S/c1-3-16-9-12(8-14-16)15-20(18,19)13-6-4-11(5-7-13)10(2)17/h4-10,15,17H,3H2,1-2H3. The topological polar surface area (TPSA) is 84.2 Å². The van der Waals surface area contributed by atoms with Crippen molar-refractivity contribution < 1.29 is 13.5 Å². The Kier molecular flexibility index (Phi) is 4.10. The normalized spacial score (nSPS) is 13.2. The number of aliphatic hydroxyl groups excluding tert-OH is 1. The second-order valence-corrected chi connectivity index (χ2v) is 6.12. The first-order chi connectivity index (χ1) is 9.42. The van der Waals surface area contributed by atoms with Crippen molar-refractivity contribution in [3.05, 3.63) is 42.2 Å². The third-order valence-electron chi connectivity index (χ3n) is 2.88. The molecule has 2 N–H and O–H groups in total. The fourth-order valence-electron chi connectivity index (χ4n) is 1.73. The third-order valence-corrected chi connectivity index (χ3v) is 4.28. The van der Waals surface area contributed by atoms with Crippen LogP contribution < -0.4 is 4.72 Å². The molecule has 20 heavy (non-hydrogen) atoms. The summed E-state index contributed by atoms with van der Waals surface area (Å²) in [6.45, 7) is 4.21. The van der Waals surface area contributed by atoms with E-state index in [1.807, 2.05) is 6.92 Å². The number of hydrogen-bond acceptors (Lipinski definition) is 4. The van der Waals surface area contributed by atoms with Crippen molar-refractivity contribution in [2.45, 2.75) is 31.4 Å². The first kappa shape index (κ1) is 14.5. The van der Waals surface area contributed by atoms with E-state index in [4.69, 9.17) is 0 Å². The lowest BCUT2D eigenvalue weighted by molar-refractivity contribution is 0.199. The van der Waals surface area contributed by atoms with E-state index in [1.165, 1.54) is 18.3 Å². The van der Waals surface area contributed by atoms with E-state index in [1.54, 1.807) is 29.9 Å². The van der Waals surface area contributed by atoms with Crippen molar-refractivity contribution in [2.24, 2.45) is 0 Å². The summed E-state index contributed by atoms with van der Waals surface area (Å²) < 4.78 is 28.4. The fraction of sp³-hybridized carbons (Fsp3) is 0.308. The molecule has 0 radical (unpaired) electrons. The Balaban J connectivity index is 2.21. The van der Waals surface area contributed by atoms with Gasteiger partial charge >= 0.3 is 0 Å². The number of anilines is 1. The van der Waals surface area contributed by atoms with Gasteiger partial charge in [-0.3, -0.25) is 9.40 Å². The number of aliphatic hydroxyl groups is 1. The predicted molar refractivity (Wildman–Crippen MR) is 75.8 cm³/mol. The van der Waals surface area contributed by atoms with Gasteiger partial charge in [-0.25, -0.2) is 8.42 Å². The number of benzene rings is 1. The van der Waals surface area contributed by atoms with Crippen LogP contribution in [-0.2, 0) is 16.6 Å². The van der Waals surface area contributed by atoms with Gasteiger partial charge in [0.05, 0.1) is 22.9 Å². The quantitative estimate of drug-likeness (QED) is 0.880. The molecule has 0 aliphatic rings. The third kappa shape index (κ3) is 3.17. The summed E-state index contributed by atoms with van der Waals surface area (Å²) in [5, 5.41) is 13.4. The maximum absolute atomic E-state index is 12.2. The van der Waals surface area contributed by atoms with Crippen LogP contribution in [0, 0.1) is 0 Å². The van der Waals surface area contributed by atoms with Crippen molar-refractivity contribution in [1.29, 1.82) is 0 Å². The van der Waals surface area contributed by atoms with Crippen LogP contribution >= 0.6 is 0 Å². The van der Waals surface area contributed by atoms with E-state index in [2.05, 4.69) is 9.82 Å². The van der Waals surface area contributed by atoms with Crippen LogP contribution in [0.3, 0.4) is 0 Å². The van der Waals surface area contributed by atoms with Crippen LogP contribution in [0.15, 0.2) is 41.6 Å². The molecule has 1 unspecified atom stereocenters. The SMILES string of the molecule is CCn1cc(NS(=O)(=O)c2ccc(C(C)O)cc2)cn1. The second-order valence-electron chi connectivity index (χ2n) is 4.44. The van der Waals surface area contributed by atoms with Gasteiger partial charge in [-0.05, 0) is 31.5 Å². The fourth-order valence-corrected chi connectivity index (χ4v) is 2.76. The predicted octanol–water partition coefficient (Wildman–Crippen LogP) is 1.76. The van der Waals surface area contributed by atoms with E-state index in [0.717, 1.165) is 0 Å². The molecule has 1 aromatic heterocycles. The molecule has 1 aromatic carbocycles. The lowest BCUT2D eigenvalue weighted by Crippen LogP contribution is -2.12. The molecule has 0 spiro atoms. The highest BCUT2D eigenvalue weighted by Gasteiger charge is 2.15. The van der Waals surface area contributed by atoms with E-state index in [0.29, 0.717) is 17.8 Å². The molecule has 1 atom stereocenters. The summed E-state index contributed by atoms with van der Waals surface area (Å²) >= 11 is 0. The number of nitrogens with zero attached hydrogens (tertiary/aromatic N) is 2. The molecule has 0 saturated heterocycles. The first-order valence-electron chi connectivity index (χ1n) is 6.25. The average molecular weight is 295 g/mol. The van der Waals surface area contributed by atoms with E-state index < -0.39 is 16.1 Å². The largest absolute Gasteiger partial charge is 0.389 e.